The number of hydrogen-bond acceptors (Lipinski definition) is 2. The number of piperidine rings is 2. The summed E-state index contributed by atoms with van der Waals surface area (Å²) < 4.78 is 13.2. The molecule has 1 aromatic rings. The lowest BCUT2D eigenvalue weighted by Gasteiger charge is -2.43. The number of nitrogens with zero attached hydrogens (tertiary/aromatic N) is 2. The molecule has 0 spiro atoms. The third-order valence-electron chi connectivity index (χ3n) is 6.46. The molecule has 3 saturated heterocycles. The van der Waals surface area contributed by atoms with Crippen LogP contribution < -0.4 is 5.73 Å². The molecule has 2 bridgehead atoms. The molecule has 140 valence electrons. The van der Waals surface area contributed by atoms with Crippen molar-refractivity contribution < 1.29 is 14.0 Å². The van der Waals surface area contributed by atoms with E-state index in [4.69, 9.17) is 5.73 Å². The Kier molecular flexibility index (Phi) is 4.59. The van der Waals surface area contributed by atoms with Gasteiger partial charge in [-0.25, -0.2) is 9.18 Å². The van der Waals surface area contributed by atoms with Crippen LogP contribution in [-0.4, -0.2) is 46.9 Å². The molecular formula is C20H26FN3O2. The van der Waals surface area contributed by atoms with Crippen LogP contribution in [-0.2, 0) is 4.79 Å². The Morgan fingerprint density at radius 1 is 0.962 bits per heavy atom. The highest BCUT2D eigenvalue weighted by atomic mass is 19.1. The number of primary amides is 1. The fraction of sp³-hybridized carbons (Fsp3) is 0.600. The Morgan fingerprint density at radius 3 is 2.08 bits per heavy atom. The second-order valence-electron chi connectivity index (χ2n) is 7.96. The van der Waals surface area contributed by atoms with Gasteiger partial charge in [-0.05, 0) is 62.1 Å². The molecule has 6 heteroatoms. The van der Waals surface area contributed by atoms with Crippen molar-refractivity contribution in [2.24, 2.45) is 11.7 Å². The summed E-state index contributed by atoms with van der Waals surface area (Å²) in [5, 5.41) is 0. The van der Waals surface area contributed by atoms with Gasteiger partial charge in [-0.2, -0.15) is 0 Å². The first-order valence-electron chi connectivity index (χ1n) is 9.65. The lowest BCUT2D eigenvalue weighted by molar-refractivity contribution is -0.123. The van der Waals surface area contributed by atoms with Crippen molar-refractivity contribution in [3.05, 3.63) is 35.6 Å². The molecule has 2 N–H and O–H groups in total. The Bertz CT molecular complexity index is 671. The number of hydrogen-bond donors (Lipinski definition) is 1. The van der Waals surface area contributed by atoms with Crippen molar-refractivity contribution in [1.29, 1.82) is 0 Å². The predicted molar refractivity (Wildman–Crippen MR) is 95.9 cm³/mol. The Hall–Kier alpha value is -2.11. The first-order valence-corrected chi connectivity index (χ1v) is 9.65. The van der Waals surface area contributed by atoms with Crippen LogP contribution in [0.25, 0.3) is 0 Å². The van der Waals surface area contributed by atoms with Crippen LogP contribution in [0.5, 0.6) is 0 Å². The molecule has 0 aromatic heterocycles. The molecule has 26 heavy (non-hydrogen) atoms. The highest BCUT2D eigenvalue weighted by Crippen LogP contribution is 2.43. The highest BCUT2D eigenvalue weighted by molar-refractivity contribution is 5.78. The molecule has 0 saturated carbocycles. The number of fused-ring (bicyclic) bond motifs is 2. The van der Waals surface area contributed by atoms with Crippen LogP contribution in [0.2, 0.25) is 0 Å². The molecule has 3 atom stereocenters. The Balaban J connectivity index is 1.41. The van der Waals surface area contributed by atoms with E-state index in [9.17, 15) is 14.0 Å². The minimum absolute atomic E-state index is 0.0972. The average Bonchev–Trinajstić information content (AvgIpc) is 2.91. The van der Waals surface area contributed by atoms with E-state index in [1.807, 2.05) is 17.0 Å². The number of rotatable bonds is 2. The topological polar surface area (TPSA) is 66.6 Å². The van der Waals surface area contributed by atoms with Crippen LogP contribution in [0.3, 0.4) is 0 Å². The zero-order valence-electron chi connectivity index (χ0n) is 14.9. The summed E-state index contributed by atoms with van der Waals surface area (Å²) in [5.74, 6) is -0.154. The third-order valence-corrected chi connectivity index (χ3v) is 6.46. The van der Waals surface area contributed by atoms with Gasteiger partial charge >= 0.3 is 6.03 Å². The molecule has 5 nitrogen and oxygen atoms in total. The summed E-state index contributed by atoms with van der Waals surface area (Å²) >= 11 is 0. The molecule has 0 unspecified atom stereocenters. The minimum Gasteiger partial charge on any atom is -0.369 e. The second kappa shape index (κ2) is 6.89. The van der Waals surface area contributed by atoms with E-state index in [-0.39, 0.29) is 35.8 Å². The van der Waals surface area contributed by atoms with Crippen LogP contribution >= 0.6 is 0 Å². The number of benzene rings is 1. The largest absolute Gasteiger partial charge is 0.369 e. The smallest absolute Gasteiger partial charge is 0.320 e. The maximum absolute atomic E-state index is 13.2. The van der Waals surface area contributed by atoms with E-state index in [1.165, 1.54) is 17.7 Å². The van der Waals surface area contributed by atoms with Gasteiger partial charge in [0.1, 0.15) is 5.82 Å². The van der Waals surface area contributed by atoms with E-state index in [1.54, 1.807) is 0 Å². The van der Waals surface area contributed by atoms with Gasteiger partial charge in [0.15, 0.2) is 0 Å². The number of nitrogens with two attached hydrogens (primary N) is 1. The number of carbonyl (C=O) groups excluding carboxylic acids is 2. The van der Waals surface area contributed by atoms with E-state index >= 15 is 0 Å². The molecule has 1 aromatic carbocycles. The van der Waals surface area contributed by atoms with E-state index < -0.39 is 0 Å². The fourth-order valence-electron chi connectivity index (χ4n) is 5.02. The van der Waals surface area contributed by atoms with Gasteiger partial charge in [-0.15, -0.1) is 0 Å². The average molecular weight is 359 g/mol. The molecule has 0 aliphatic carbocycles. The van der Waals surface area contributed by atoms with Crippen LogP contribution in [0, 0.1) is 11.7 Å². The van der Waals surface area contributed by atoms with Gasteiger partial charge < -0.3 is 15.5 Å². The van der Waals surface area contributed by atoms with Crippen LogP contribution in [0.1, 0.15) is 50.0 Å². The van der Waals surface area contributed by atoms with Crippen molar-refractivity contribution >= 4 is 11.9 Å². The monoisotopic (exact) mass is 359 g/mol. The summed E-state index contributed by atoms with van der Waals surface area (Å²) in [6, 6.07) is 7.47. The molecule has 3 aliphatic rings. The summed E-state index contributed by atoms with van der Waals surface area (Å²) in [6.45, 7) is 1.23. The summed E-state index contributed by atoms with van der Waals surface area (Å²) in [6.07, 6.45) is 5.33. The summed E-state index contributed by atoms with van der Waals surface area (Å²) in [7, 11) is 0. The molecule has 3 heterocycles. The van der Waals surface area contributed by atoms with E-state index in [0.29, 0.717) is 31.8 Å². The van der Waals surface area contributed by atoms with Gasteiger partial charge in [-0.3, -0.25) is 4.79 Å². The molecule has 3 amide bonds. The van der Waals surface area contributed by atoms with Crippen LogP contribution in [0.4, 0.5) is 9.18 Å². The predicted octanol–water partition coefficient (Wildman–Crippen LogP) is 2.85. The zero-order chi connectivity index (χ0) is 18.3. The minimum atomic E-state index is -0.253. The van der Waals surface area contributed by atoms with Crippen molar-refractivity contribution in [3.63, 3.8) is 0 Å². The lowest BCUT2D eigenvalue weighted by Crippen LogP contribution is -2.54. The zero-order valence-corrected chi connectivity index (χ0v) is 14.9. The SMILES string of the molecule is NC(=O)C1CCN(C(=O)N2[C@@H]3CC[C@H]2C[C@@H](c2ccc(F)cc2)C3)CC1. The van der Waals surface area contributed by atoms with Crippen molar-refractivity contribution in [1.82, 2.24) is 9.80 Å². The fourth-order valence-corrected chi connectivity index (χ4v) is 5.02. The first-order chi connectivity index (χ1) is 12.5. The van der Waals surface area contributed by atoms with E-state index in [0.717, 1.165) is 25.7 Å². The number of urea groups is 1. The van der Waals surface area contributed by atoms with E-state index in [2.05, 4.69) is 4.90 Å². The summed E-state index contributed by atoms with van der Waals surface area (Å²) in [4.78, 5) is 28.4. The van der Waals surface area contributed by atoms with Crippen molar-refractivity contribution in [2.75, 3.05) is 13.1 Å². The molecule has 0 radical (unpaired) electrons. The van der Waals surface area contributed by atoms with Crippen molar-refractivity contribution in [3.8, 4) is 0 Å². The maximum atomic E-state index is 13.2. The Labute approximate surface area is 153 Å². The second-order valence-corrected chi connectivity index (χ2v) is 7.96. The number of likely N-dealkylation sites (tertiary alicyclic amines) is 1. The highest BCUT2D eigenvalue weighted by Gasteiger charge is 2.45. The maximum Gasteiger partial charge on any atom is 0.320 e. The molecular weight excluding hydrogens is 333 g/mol. The lowest BCUT2D eigenvalue weighted by atomic mass is 9.85. The van der Waals surface area contributed by atoms with Gasteiger partial charge in [-0.1, -0.05) is 12.1 Å². The quantitative estimate of drug-likeness (QED) is 0.882. The van der Waals surface area contributed by atoms with Gasteiger partial charge in [0, 0.05) is 31.1 Å². The molecule has 4 rings (SSSR count). The number of carbonyl (C=O) groups is 2. The standard InChI is InChI=1S/C20H26FN3O2/c21-16-3-1-13(2-4-16)15-11-17-5-6-18(12-15)24(17)20(26)23-9-7-14(8-10-23)19(22)25/h1-4,14-15,17-18H,5-12H2,(H2,22,25)/t15-,17+,18-. The van der Waals surface area contributed by atoms with Gasteiger partial charge in [0.25, 0.3) is 0 Å². The van der Waals surface area contributed by atoms with Gasteiger partial charge in [0.2, 0.25) is 5.91 Å². The Morgan fingerprint density at radius 2 is 1.54 bits per heavy atom. The van der Waals surface area contributed by atoms with Crippen LogP contribution in [0.15, 0.2) is 24.3 Å². The van der Waals surface area contributed by atoms with Crippen molar-refractivity contribution in [2.45, 2.75) is 56.5 Å². The van der Waals surface area contributed by atoms with Gasteiger partial charge in [0.05, 0.1) is 0 Å². The molecule has 3 fully saturated rings. The normalized spacial score (nSPS) is 29.0. The first kappa shape index (κ1) is 17.3. The number of amides is 3. The third kappa shape index (κ3) is 3.17. The number of halogens is 1. The summed E-state index contributed by atoms with van der Waals surface area (Å²) in [5.41, 5.74) is 6.57. The molecule has 3 aliphatic heterocycles.